The normalized spacial score (nSPS) is 12.1. The van der Waals surface area contributed by atoms with Crippen LogP contribution in [0.1, 0.15) is 361 Å². The molecule has 0 heterocycles. The number of hydrogen-bond acceptors (Lipinski definition) is 6. The van der Waals surface area contributed by atoms with Crippen molar-refractivity contribution in [3.63, 3.8) is 0 Å². The van der Waals surface area contributed by atoms with Crippen LogP contribution >= 0.6 is 0 Å². The molecular weight excluding hydrogens is 889 g/mol. The molecule has 0 aromatic carbocycles. The molecule has 0 aromatic rings. The Hall–Kier alpha value is -2.11. The highest BCUT2D eigenvalue weighted by Gasteiger charge is 2.19. The van der Waals surface area contributed by atoms with Crippen molar-refractivity contribution in [2.75, 3.05) is 13.2 Å². The van der Waals surface area contributed by atoms with Crippen LogP contribution in [-0.4, -0.2) is 37.2 Å². The maximum absolute atomic E-state index is 12.9. The Bertz CT molecular complexity index is 1160. The first kappa shape index (κ1) is 69.9. The molecule has 1 unspecified atom stereocenters. The van der Waals surface area contributed by atoms with Crippen LogP contribution in [0, 0.1) is 0 Å². The molecule has 6 heteroatoms. The van der Waals surface area contributed by atoms with Gasteiger partial charge in [0.05, 0.1) is 0 Å². The quantitative estimate of drug-likeness (QED) is 0.0261. The molecule has 0 N–H and O–H groups in total. The lowest BCUT2D eigenvalue weighted by atomic mass is 10.0. The molecule has 0 aliphatic heterocycles. The second-order valence-corrected chi connectivity index (χ2v) is 22.0. The Morgan fingerprint density at radius 1 is 0.278 bits per heavy atom. The van der Waals surface area contributed by atoms with E-state index in [1.807, 2.05) is 0 Å². The van der Waals surface area contributed by atoms with Crippen LogP contribution < -0.4 is 0 Å². The van der Waals surface area contributed by atoms with Crippen molar-refractivity contribution in [2.24, 2.45) is 0 Å². The maximum atomic E-state index is 12.9. The summed E-state index contributed by atoms with van der Waals surface area (Å²) in [6.45, 7) is 6.69. The van der Waals surface area contributed by atoms with Crippen LogP contribution in [0.25, 0.3) is 0 Å². The van der Waals surface area contributed by atoms with E-state index in [9.17, 15) is 14.4 Å². The van der Waals surface area contributed by atoms with Crippen LogP contribution in [0.2, 0.25) is 0 Å². The van der Waals surface area contributed by atoms with E-state index in [2.05, 4.69) is 45.1 Å². The zero-order valence-electron chi connectivity index (χ0n) is 48.7. The minimum absolute atomic E-state index is 0.0641. The Labute approximate surface area is 449 Å². The van der Waals surface area contributed by atoms with E-state index >= 15 is 0 Å². The van der Waals surface area contributed by atoms with E-state index in [1.54, 1.807) is 0 Å². The number of unbranched alkanes of at least 4 members (excludes halogenated alkanes) is 45. The topological polar surface area (TPSA) is 78.9 Å². The standard InChI is InChI=1S/C66H124O6/c1-4-7-10-13-16-19-22-25-27-28-29-30-31-32-33-34-35-36-37-38-39-42-44-47-50-53-56-59-65(68)71-62-63(61-70-64(67)58-55-52-49-46-43-40-24-21-18-15-12-9-6-3)72-66(69)60-57-54-51-48-45-41-26-23-20-17-14-11-8-5-2/h22,25,28-29,63H,4-21,23-24,26-27,30-62H2,1-3H3/b25-22-,29-28-. The van der Waals surface area contributed by atoms with Gasteiger partial charge in [-0.1, -0.05) is 315 Å². The molecule has 0 radical (unpaired) electrons. The van der Waals surface area contributed by atoms with Crippen LogP contribution in [0.4, 0.5) is 0 Å². The third-order valence-electron chi connectivity index (χ3n) is 14.7. The van der Waals surface area contributed by atoms with E-state index in [-0.39, 0.29) is 31.1 Å². The summed E-state index contributed by atoms with van der Waals surface area (Å²) in [5.41, 5.74) is 0. The molecule has 1 atom stereocenters. The number of ether oxygens (including phenoxy) is 3. The molecule has 0 saturated carbocycles. The van der Waals surface area contributed by atoms with Gasteiger partial charge in [0.15, 0.2) is 6.10 Å². The number of rotatable bonds is 60. The first-order valence-corrected chi connectivity index (χ1v) is 32.3. The van der Waals surface area contributed by atoms with Crippen LogP contribution in [0.3, 0.4) is 0 Å². The van der Waals surface area contributed by atoms with Crippen LogP contribution in [-0.2, 0) is 28.6 Å². The third-order valence-corrected chi connectivity index (χ3v) is 14.7. The third kappa shape index (κ3) is 58.8. The van der Waals surface area contributed by atoms with Crippen molar-refractivity contribution >= 4 is 17.9 Å². The first-order chi connectivity index (χ1) is 35.5. The minimum Gasteiger partial charge on any atom is -0.462 e. The van der Waals surface area contributed by atoms with E-state index < -0.39 is 6.10 Å². The van der Waals surface area contributed by atoms with Gasteiger partial charge in [0, 0.05) is 19.3 Å². The van der Waals surface area contributed by atoms with Gasteiger partial charge in [-0.2, -0.15) is 0 Å². The summed E-state index contributed by atoms with van der Waals surface area (Å²) in [7, 11) is 0. The van der Waals surface area contributed by atoms with Gasteiger partial charge in [-0.05, 0) is 51.4 Å². The van der Waals surface area contributed by atoms with Crippen molar-refractivity contribution in [1.82, 2.24) is 0 Å². The summed E-state index contributed by atoms with van der Waals surface area (Å²) in [4.78, 5) is 38.2. The predicted molar refractivity (Wildman–Crippen MR) is 312 cm³/mol. The molecule has 0 rings (SSSR count). The summed E-state index contributed by atoms with van der Waals surface area (Å²) < 4.78 is 16.9. The zero-order chi connectivity index (χ0) is 52.2. The van der Waals surface area contributed by atoms with Crippen molar-refractivity contribution in [1.29, 1.82) is 0 Å². The van der Waals surface area contributed by atoms with Crippen molar-refractivity contribution in [3.05, 3.63) is 24.3 Å². The van der Waals surface area contributed by atoms with Gasteiger partial charge < -0.3 is 14.2 Å². The van der Waals surface area contributed by atoms with E-state index in [0.717, 1.165) is 64.2 Å². The predicted octanol–water partition coefficient (Wildman–Crippen LogP) is 21.8. The second-order valence-electron chi connectivity index (χ2n) is 22.0. The molecule has 0 spiro atoms. The zero-order valence-corrected chi connectivity index (χ0v) is 48.7. The summed E-state index contributed by atoms with van der Waals surface area (Å²) in [6, 6.07) is 0. The number of carbonyl (C=O) groups is 3. The van der Waals surface area contributed by atoms with Gasteiger partial charge in [-0.25, -0.2) is 0 Å². The van der Waals surface area contributed by atoms with Gasteiger partial charge in [0.1, 0.15) is 13.2 Å². The summed E-state index contributed by atoms with van der Waals surface area (Å²) >= 11 is 0. The van der Waals surface area contributed by atoms with Crippen LogP contribution in [0.5, 0.6) is 0 Å². The molecule has 0 aliphatic rings. The molecule has 0 aliphatic carbocycles. The highest BCUT2D eigenvalue weighted by molar-refractivity contribution is 5.71. The summed E-state index contributed by atoms with van der Waals surface area (Å²) in [5.74, 6) is -0.837. The largest absolute Gasteiger partial charge is 0.462 e. The molecular formula is C66H124O6. The maximum Gasteiger partial charge on any atom is 0.306 e. The average molecular weight is 1010 g/mol. The highest BCUT2D eigenvalue weighted by Crippen LogP contribution is 2.18. The van der Waals surface area contributed by atoms with E-state index in [1.165, 1.54) is 257 Å². The number of hydrogen-bond donors (Lipinski definition) is 0. The minimum atomic E-state index is -0.765. The number of allylic oxidation sites excluding steroid dienone is 4. The molecule has 424 valence electrons. The van der Waals surface area contributed by atoms with Gasteiger partial charge >= 0.3 is 17.9 Å². The van der Waals surface area contributed by atoms with Crippen LogP contribution in [0.15, 0.2) is 24.3 Å². The first-order valence-electron chi connectivity index (χ1n) is 32.3. The smallest absolute Gasteiger partial charge is 0.306 e. The molecule has 0 saturated heterocycles. The number of esters is 3. The number of carbonyl (C=O) groups excluding carboxylic acids is 3. The van der Waals surface area contributed by atoms with E-state index in [0.29, 0.717) is 19.3 Å². The SMILES string of the molecule is CCCCCCC/C=C\C/C=C\CCCCCCCCCCCCCCCCCC(=O)OCC(COC(=O)CCCCCCCCCCCCCCC)OC(=O)CCCCCCCCCCCCCCCC. The Morgan fingerprint density at radius 3 is 0.764 bits per heavy atom. The van der Waals surface area contributed by atoms with Gasteiger partial charge in [-0.15, -0.1) is 0 Å². The monoisotopic (exact) mass is 1010 g/mol. The fourth-order valence-electron chi connectivity index (χ4n) is 9.83. The molecule has 0 fully saturated rings. The second kappa shape index (κ2) is 61.4. The molecule has 72 heavy (non-hydrogen) atoms. The summed E-state index contributed by atoms with van der Waals surface area (Å²) in [5, 5.41) is 0. The Kier molecular flexibility index (Phi) is 59.6. The fourth-order valence-corrected chi connectivity index (χ4v) is 9.83. The summed E-state index contributed by atoms with van der Waals surface area (Å²) in [6.07, 6.45) is 73.3. The van der Waals surface area contributed by atoms with Gasteiger partial charge in [0.2, 0.25) is 0 Å². The van der Waals surface area contributed by atoms with Crippen molar-refractivity contribution < 1.29 is 28.6 Å². The van der Waals surface area contributed by atoms with Crippen molar-refractivity contribution in [2.45, 2.75) is 367 Å². The lowest BCUT2D eigenvalue weighted by Gasteiger charge is -2.18. The van der Waals surface area contributed by atoms with E-state index in [4.69, 9.17) is 14.2 Å². The average Bonchev–Trinajstić information content (AvgIpc) is 3.38. The Balaban J connectivity index is 4.17. The van der Waals surface area contributed by atoms with Crippen molar-refractivity contribution in [3.8, 4) is 0 Å². The molecule has 0 bridgehead atoms. The van der Waals surface area contributed by atoms with Gasteiger partial charge in [0.25, 0.3) is 0 Å². The highest BCUT2D eigenvalue weighted by atomic mass is 16.6. The fraction of sp³-hybridized carbons (Fsp3) is 0.894. The Morgan fingerprint density at radius 2 is 0.500 bits per heavy atom. The van der Waals surface area contributed by atoms with Gasteiger partial charge in [-0.3, -0.25) is 14.4 Å². The molecule has 0 aromatic heterocycles. The lowest BCUT2D eigenvalue weighted by Crippen LogP contribution is -2.30. The lowest BCUT2D eigenvalue weighted by molar-refractivity contribution is -0.167. The molecule has 6 nitrogen and oxygen atoms in total. The molecule has 0 amide bonds.